The fourth-order valence-electron chi connectivity index (χ4n) is 5.64. The van der Waals surface area contributed by atoms with E-state index in [2.05, 4.69) is 29.4 Å². The number of anilines is 2. The van der Waals surface area contributed by atoms with Crippen molar-refractivity contribution in [2.75, 3.05) is 37.6 Å². The number of benzene rings is 2. The van der Waals surface area contributed by atoms with Crippen molar-refractivity contribution in [2.45, 2.75) is 51.7 Å². The van der Waals surface area contributed by atoms with Gasteiger partial charge in [-0.05, 0) is 66.7 Å². The van der Waals surface area contributed by atoms with Gasteiger partial charge in [-0.1, -0.05) is 32.0 Å². The van der Waals surface area contributed by atoms with Crippen molar-refractivity contribution in [2.24, 2.45) is 5.41 Å². The summed E-state index contributed by atoms with van der Waals surface area (Å²) >= 11 is 6.05. The molecule has 0 spiro atoms. The SMILES string of the molecule is COc1ccc([C@@H]2C3=C(CC(C)(C)CC3=O)Nc3ccccc3N2C(=S)NC[C@@H]2CCCO2)cc1OC. The molecule has 7 nitrogen and oxygen atoms in total. The standard InChI is InChI=1S/C29H35N3O4S/c1-29(2)15-21-26(23(33)16-29)27(18-11-12-24(34-3)25(14-18)35-4)32(22-10-6-5-9-20(22)31-21)28(37)30-17-19-8-7-13-36-19/h5-6,9-12,14,19,27,31H,7-8,13,15-17H2,1-4H3,(H,30,37)/t19-,27+/m0/s1. The summed E-state index contributed by atoms with van der Waals surface area (Å²) in [5.74, 6) is 1.36. The Labute approximate surface area is 224 Å². The summed E-state index contributed by atoms with van der Waals surface area (Å²) in [6.45, 7) is 5.69. The van der Waals surface area contributed by atoms with Crippen LogP contribution in [0.5, 0.6) is 11.5 Å². The second-order valence-corrected chi connectivity index (χ2v) is 11.1. The van der Waals surface area contributed by atoms with Crippen molar-refractivity contribution in [1.82, 2.24) is 5.32 Å². The molecule has 2 aromatic carbocycles. The van der Waals surface area contributed by atoms with Gasteiger partial charge in [-0.2, -0.15) is 0 Å². The van der Waals surface area contributed by atoms with Gasteiger partial charge in [0.05, 0.1) is 37.7 Å². The number of carbonyl (C=O) groups is 1. The fourth-order valence-corrected chi connectivity index (χ4v) is 5.93. The Hall–Kier alpha value is -3.10. The fraction of sp³-hybridized carbons (Fsp3) is 0.448. The summed E-state index contributed by atoms with van der Waals surface area (Å²) in [5, 5.41) is 7.64. The summed E-state index contributed by atoms with van der Waals surface area (Å²) in [5.41, 5.74) is 4.27. The number of hydrogen-bond acceptors (Lipinski definition) is 6. The molecule has 2 N–H and O–H groups in total. The minimum Gasteiger partial charge on any atom is -0.493 e. The average molecular weight is 522 g/mol. The van der Waals surface area contributed by atoms with Crippen LogP contribution < -0.4 is 25.0 Å². The Bertz CT molecular complexity index is 1240. The van der Waals surface area contributed by atoms with Crippen molar-refractivity contribution >= 4 is 34.5 Å². The highest BCUT2D eigenvalue weighted by atomic mass is 32.1. The summed E-state index contributed by atoms with van der Waals surface area (Å²) < 4.78 is 17.0. The predicted octanol–water partition coefficient (Wildman–Crippen LogP) is 5.37. The molecule has 37 heavy (non-hydrogen) atoms. The van der Waals surface area contributed by atoms with Crippen LogP contribution in [0.25, 0.3) is 0 Å². The monoisotopic (exact) mass is 521 g/mol. The van der Waals surface area contributed by atoms with Crippen LogP contribution in [0, 0.1) is 5.41 Å². The quantitative estimate of drug-likeness (QED) is 0.509. The lowest BCUT2D eigenvalue weighted by molar-refractivity contribution is -0.118. The summed E-state index contributed by atoms with van der Waals surface area (Å²) in [6.07, 6.45) is 3.43. The number of allylic oxidation sites excluding steroid dienone is 1. The molecule has 0 unspecified atom stereocenters. The maximum atomic E-state index is 13.9. The van der Waals surface area contributed by atoms with Gasteiger partial charge >= 0.3 is 0 Å². The van der Waals surface area contributed by atoms with E-state index in [0.717, 1.165) is 54.1 Å². The first-order valence-electron chi connectivity index (χ1n) is 12.8. The number of para-hydroxylation sites is 2. The number of ether oxygens (including phenoxy) is 3. The van der Waals surface area contributed by atoms with Gasteiger partial charge in [-0.15, -0.1) is 0 Å². The summed E-state index contributed by atoms with van der Waals surface area (Å²) in [7, 11) is 3.24. The molecular formula is C29H35N3O4S. The van der Waals surface area contributed by atoms with Crippen molar-refractivity contribution < 1.29 is 19.0 Å². The molecule has 1 fully saturated rings. The third-order valence-corrected chi connectivity index (χ3v) is 7.69. The predicted molar refractivity (Wildman–Crippen MR) is 149 cm³/mol. The molecule has 2 atom stereocenters. The van der Waals surface area contributed by atoms with E-state index < -0.39 is 6.04 Å². The molecule has 0 saturated carbocycles. The number of thiocarbonyl (C=S) groups is 1. The van der Waals surface area contributed by atoms with Crippen LogP contribution in [-0.4, -0.2) is 44.4 Å². The number of nitrogens with zero attached hydrogens (tertiary/aromatic N) is 1. The lowest BCUT2D eigenvalue weighted by Crippen LogP contribution is -2.46. The average Bonchev–Trinajstić information content (AvgIpc) is 3.35. The van der Waals surface area contributed by atoms with Gasteiger partial charge < -0.3 is 29.7 Å². The number of rotatable bonds is 5. The smallest absolute Gasteiger partial charge is 0.174 e. The molecule has 2 aliphatic heterocycles. The summed E-state index contributed by atoms with van der Waals surface area (Å²) in [4.78, 5) is 16.0. The van der Waals surface area contributed by atoms with Crippen molar-refractivity contribution in [3.8, 4) is 11.5 Å². The van der Waals surface area contributed by atoms with Crippen LogP contribution >= 0.6 is 12.2 Å². The molecule has 1 saturated heterocycles. The Morgan fingerprint density at radius 2 is 1.95 bits per heavy atom. The van der Waals surface area contributed by atoms with Gasteiger partial charge in [0.1, 0.15) is 0 Å². The van der Waals surface area contributed by atoms with Crippen molar-refractivity contribution in [1.29, 1.82) is 0 Å². The molecule has 5 rings (SSSR count). The zero-order valence-electron chi connectivity index (χ0n) is 21.9. The molecule has 8 heteroatoms. The van der Waals surface area contributed by atoms with Crippen LogP contribution in [0.15, 0.2) is 53.7 Å². The number of Topliss-reactive ketones (excluding diaryl/α,β-unsaturated/α-hetero) is 1. The van der Waals surface area contributed by atoms with E-state index in [9.17, 15) is 4.79 Å². The number of methoxy groups -OCH3 is 2. The third-order valence-electron chi connectivity index (χ3n) is 7.35. The van der Waals surface area contributed by atoms with E-state index in [-0.39, 0.29) is 17.3 Å². The largest absolute Gasteiger partial charge is 0.493 e. The van der Waals surface area contributed by atoms with Gasteiger partial charge in [0.15, 0.2) is 22.4 Å². The minimum atomic E-state index is -0.445. The van der Waals surface area contributed by atoms with Gasteiger partial charge in [-0.25, -0.2) is 0 Å². The highest BCUT2D eigenvalue weighted by Gasteiger charge is 2.42. The highest BCUT2D eigenvalue weighted by molar-refractivity contribution is 7.80. The number of ketones is 1. The Morgan fingerprint density at radius 1 is 1.16 bits per heavy atom. The Balaban J connectivity index is 1.67. The normalized spacial score (nSPS) is 22.5. The minimum absolute atomic E-state index is 0.123. The number of hydrogen-bond donors (Lipinski definition) is 2. The Morgan fingerprint density at radius 3 is 2.68 bits per heavy atom. The summed E-state index contributed by atoms with van der Waals surface area (Å²) in [6, 6.07) is 13.5. The maximum Gasteiger partial charge on any atom is 0.174 e. The van der Waals surface area contributed by atoms with Gasteiger partial charge in [0.2, 0.25) is 0 Å². The molecule has 0 radical (unpaired) electrons. The van der Waals surface area contributed by atoms with E-state index in [1.54, 1.807) is 14.2 Å². The number of fused-ring (bicyclic) bond motifs is 1. The van der Waals surface area contributed by atoms with Gasteiger partial charge in [-0.3, -0.25) is 4.79 Å². The molecular weight excluding hydrogens is 486 g/mol. The first-order valence-corrected chi connectivity index (χ1v) is 13.2. The molecule has 0 aromatic heterocycles. The van der Waals surface area contributed by atoms with Gasteiger partial charge in [0, 0.05) is 30.8 Å². The number of nitrogens with one attached hydrogen (secondary N) is 2. The van der Waals surface area contributed by atoms with E-state index in [1.807, 2.05) is 42.5 Å². The first kappa shape index (κ1) is 25.5. The number of carbonyl (C=O) groups excluding carboxylic acids is 1. The third kappa shape index (κ3) is 5.05. The molecule has 3 aliphatic rings. The molecule has 2 aromatic rings. The van der Waals surface area contributed by atoms with Crippen LogP contribution in [0.3, 0.4) is 0 Å². The van der Waals surface area contributed by atoms with Crippen LogP contribution in [0.1, 0.15) is 51.1 Å². The van der Waals surface area contributed by atoms with E-state index in [1.165, 1.54) is 0 Å². The van der Waals surface area contributed by atoms with E-state index >= 15 is 0 Å². The van der Waals surface area contributed by atoms with Crippen LogP contribution in [-0.2, 0) is 9.53 Å². The van der Waals surface area contributed by atoms with Gasteiger partial charge in [0.25, 0.3) is 0 Å². The molecule has 2 heterocycles. The Kier molecular flexibility index (Phi) is 7.14. The maximum absolute atomic E-state index is 13.9. The first-order chi connectivity index (χ1) is 17.8. The molecule has 0 bridgehead atoms. The molecule has 196 valence electrons. The highest BCUT2D eigenvalue weighted by Crippen LogP contribution is 2.49. The van der Waals surface area contributed by atoms with Crippen LogP contribution in [0.4, 0.5) is 11.4 Å². The second-order valence-electron chi connectivity index (χ2n) is 10.7. The van der Waals surface area contributed by atoms with Crippen molar-refractivity contribution in [3.05, 3.63) is 59.3 Å². The lowest BCUT2D eigenvalue weighted by Gasteiger charge is -2.38. The topological polar surface area (TPSA) is 72.1 Å². The van der Waals surface area contributed by atoms with E-state index in [4.69, 9.17) is 26.4 Å². The van der Waals surface area contributed by atoms with E-state index in [0.29, 0.717) is 29.6 Å². The second kappa shape index (κ2) is 10.3. The lowest BCUT2D eigenvalue weighted by atomic mass is 9.73. The molecule has 0 amide bonds. The zero-order chi connectivity index (χ0) is 26.2. The molecule has 1 aliphatic carbocycles. The van der Waals surface area contributed by atoms with Crippen LogP contribution in [0.2, 0.25) is 0 Å². The van der Waals surface area contributed by atoms with Crippen molar-refractivity contribution in [3.63, 3.8) is 0 Å². The zero-order valence-corrected chi connectivity index (χ0v) is 22.7.